The molecule has 0 unspecified atom stereocenters. The van der Waals surface area contributed by atoms with Crippen molar-refractivity contribution in [1.82, 2.24) is 25.6 Å². The molecule has 2 heterocycles. The summed E-state index contributed by atoms with van der Waals surface area (Å²) in [6.07, 6.45) is 0.886. The zero-order chi connectivity index (χ0) is 32.7. The average Bonchev–Trinajstić information content (AvgIpc) is 3.73. The minimum absolute atomic E-state index is 0.00265. The Morgan fingerprint density at radius 3 is 2.54 bits per heavy atom. The molecular formula is C32H33IN6O5S2. The molecule has 0 saturated heterocycles. The van der Waals surface area contributed by atoms with Gasteiger partial charge in [0.15, 0.2) is 15.7 Å². The van der Waals surface area contributed by atoms with Gasteiger partial charge in [-0.25, -0.2) is 18.5 Å². The Hall–Kier alpha value is -3.89. The van der Waals surface area contributed by atoms with E-state index in [0.29, 0.717) is 52.9 Å². The molecule has 0 bridgehead atoms. The molecule has 2 N–H and O–H groups in total. The van der Waals surface area contributed by atoms with Gasteiger partial charge in [0.1, 0.15) is 29.7 Å². The molecule has 5 aromatic rings. The molecule has 0 saturated carbocycles. The van der Waals surface area contributed by atoms with Crippen LogP contribution in [-0.2, 0) is 34.9 Å². The maximum Gasteiger partial charge on any atom is 0.255 e. The van der Waals surface area contributed by atoms with Gasteiger partial charge in [-0.1, -0.05) is 32.9 Å². The van der Waals surface area contributed by atoms with Gasteiger partial charge in [-0.2, -0.15) is 0 Å². The minimum atomic E-state index is -3.42. The van der Waals surface area contributed by atoms with Gasteiger partial charge in [0, 0.05) is 19.9 Å². The molecule has 0 fully saturated rings. The number of halogens is 1. The van der Waals surface area contributed by atoms with E-state index in [1.165, 1.54) is 0 Å². The van der Waals surface area contributed by atoms with E-state index in [0.717, 1.165) is 19.8 Å². The Kier molecular flexibility index (Phi) is 10.7. The summed E-state index contributed by atoms with van der Waals surface area (Å²) < 4.78 is 38.5. The smallest absolute Gasteiger partial charge is 0.255 e. The fourth-order valence-electron chi connectivity index (χ4n) is 4.36. The third kappa shape index (κ3) is 9.10. The zero-order valence-electron chi connectivity index (χ0n) is 25.5. The van der Waals surface area contributed by atoms with E-state index in [4.69, 9.17) is 9.47 Å². The molecule has 3 aromatic carbocycles. The summed E-state index contributed by atoms with van der Waals surface area (Å²) in [6, 6.07) is 19.1. The normalized spacial score (nSPS) is 11.7. The van der Waals surface area contributed by atoms with Crippen LogP contribution in [-0.4, -0.2) is 45.7 Å². The summed E-state index contributed by atoms with van der Waals surface area (Å²) in [5, 5.41) is 19.4. The molecule has 0 aliphatic heterocycles. The maximum absolute atomic E-state index is 13.4. The summed E-state index contributed by atoms with van der Waals surface area (Å²) >= 11 is 3.69. The maximum atomic E-state index is 13.4. The standard InChI is InChI=1S/C32H33IN6O5S2/c1-32(2,3)28-20-45-30(35-28)19-43-24-8-4-7-22(17-24)31(40)34-26-16-21(9-14-27(26)44-18-29-36-38-39-37-29)6-5-15-46(41,42)25-12-10-23(33)11-13-25/h4,7-14,16-17,20H,5-6,15,18-19H2,1-3H3,(H,34,40)(H,36,37,38,39). The van der Waals surface area contributed by atoms with Crippen molar-refractivity contribution < 1.29 is 22.7 Å². The van der Waals surface area contributed by atoms with Crippen molar-refractivity contribution in [2.45, 2.75) is 57.1 Å². The zero-order valence-corrected chi connectivity index (χ0v) is 29.3. The lowest BCUT2D eigenvalue weighted by molar-refractivity contribution is 0.102. The largest absolute Gasteiger partial charge is 0.486 e. The molecule has 0 aliphatic rings. The van der Waals surface area contributed by atoms with Crippen LogP contribution in [0, 0.1) is 3.57 Å². The van der Waals surface area contributed by atoms with Crippen LogP contribution in [0.4, 0.5) is 5.69 Å². The van der Waals surface area contributed by atoms with Crippen molar-refractivity contribution in [3.05, 3.63) is 103 Å². The number of thiazole rings is 1. The van der Waals surface area contributed by atoms with Crippen molar-refractivity contribution in [1.29, 1.82) is 0 Å². The number of benzene rings is 3. The highest BCUT2D eigenvalue weighted by molar-refractivity contribution is 14.1. The second-order valence-electron chi connectivity index (χ2n) is 11.5. The number of carbonyl (C=O) groups excluding carboxylic acids is 1. The van der Waals surface area contributed by atoms with Crippen LogP contribution >= 0.6 is 33.9 Å². The number of nitrogens with zero attached hydrogens (tertiary/aromatic N) is 4. The third-order valence-corrected chi connectivity index (χ3v) is 10.2. The molecule has 240 valence electrons. The van der Waals surface area contributed by atoms with E-state index < -0.39 is 9.84 Å². The Labute approximate surface area is 285 Å². The average molecular weight is 773 g/mol. The monoisotopic (exact) mass is 772 g/mol. The number of ether oxygens (including phenoxy) is 2. The first kappa shape index (κ1) is 33.5. The fourth-order valence-corrected chi connectivity index (χ4v) is 6.96. The lowest BCUT2D eigenvalue weighted by Gasteiger charge is -2.14. The Bertz CT molecular complexity index is 1890. The number of aromatic amines is 1. The number of carbonyl (C=O) groups is 1. The number of aromatic nitrogens is 5. The first-order valence-corrected chi connectivity index (χ1v) is 18.0. The SMILES string of the molecule is CC(C)(C)c1csc(COc2cccc(C(=O)Nc3cc(CCCS(=O)(=O)c4ccc(I)cc4)ccc3OCc3nnn[nH]3)c2)n1. The minimum Gasteiger partial charge on any atom is -0.486 e. The molecule has 5 rings (SSSR count). The van der Waals surface area contributed by atoms with E-state index in [9.17, 15) is 13.2 Å². The summed E-state index contributed by atoms with van der Waals surface area (Å²) in [6.45, 7) is 6.69. The van der Waals surface area contributed by atoms with Gasteiger partial charge >= 0.3 is 0 Å². The molecule has 0 aliphatic carbocycles. The molecule has 1 amide bonds. The van der Waals surface area contributed by atoms with Gasteiger partial charge < -0.3 is 14.8 Å². The number of tetrazole rings is 1. The Morgan fingerprint density at radius 2 is 1.83 bits per heavy atom. The molecule has 2 aromatic heterocycles. The van der Waals surface area contributed by atoms with Crippen LogP contribution in [0.1, 0.15) is 59.6 Å². The highest BCUT2D eigenvalue weighted by atomic mass is 127. The third-order valence-electron chi connectivity index (χ3n) is 6.88. The number of hydrogen-bond donors (Lipinski definition) is 2. The number of hydrogen-bond acceptors (Lipinski definition) is 10. The molecule has 11 nitrogen and oxygen atoms in total. The number of amides is 1. The molecule has 0 atom stereocenters. The van der Waals surface area contributed by atoms with Crippen LogP contribution in [0.2, 0.25) is 0 Å². The summed E-state index contributed by atoms with van der Waals surface area (Å²) in [7, 11) is -3.42. The molecule has 46 heavy (non-hydrogen) atoms. The van der Waals surface area contributed by atoms with Crippen molar-refractivity contribution in [3.63, 3.8) is 0 Å². The van der Waals surface area contributed by atoms with Crippen molar-refractivity contribution in [2.24, 2.45) is 0 Å². The summed E-state index contributed by atoms with van der Waals surface area (Å²) in [5.74, 6) is 1.00. The second kappa shape index (κ2) is 14.7. The van der Waals surface area contributed by atoms with Crippen LogP contribution < -0.4 is 14.8 Å². The Balaban J connectivity index is 1.27. The fraction of sp³-hybridized carbons (Fsp3) is 0.281. The van der Waals surface area contributed by atoms with Gasteiger partial charge in [-0.05, 0) is 106 Å². The van der Waals surface area contributed by atoms with Gasteiger partial charge in [0.2, 0.25) is 0 Å². The van der Waals surface area contributed by atoms with Crippen LogP contribution in [0.25, 0.3) is 0 Å². The number of sulfone groups is 1. The second-order valence-corrected chi connectivity index (χ2v) is 15.8. The molecular weight excluding hydrogens is 739 g/mol. The first-order chi connectivity index (χ1) is 22.0. The van der Waals surface area contributed by atoms with E-state index in [1.54, 1.807) is 72.0 Å². The van der Waals surface area contributed by atoms with E-state index in [-0.39, 0.29) is 23.7 Å². The predicted octanol–water partition coefficient (Wildman–Crippen LogP) is 6.38. The lowest BCUT2D eigenvalue weighted by Crippen LogP contribution is -2.14. The molecule has 0 spiro atoms. The highest BCUT2D eigenvalue weighted by Crippen LogP contribution is 2.29. The van der Waals surface area contributed by atoms with Crippen molar-refractivity contribution in [3.8, 4) is 11.5 Å². The number of rotatable bonds is 13. The Morgan fingerprint density at radius 1 is 1.02 bits per heavy atom. The van der Waals surface area contributed by atoms with Crippen LogP contribution in [0.3, 0.4) is 0 Å². The topological polar surface area (TPSA) is 149 Å². The molecule has 0 radical (unpaired) electrons. The van der Waals surface area contributed by atoms with E-state index in [2.05, 4.69) is 74.3 Å². The summed E-state index contributed by atoms with van der Waals surface area (Å²) in [5.41, 5.74) is 2.64. The van der Waals surface area contributed by atoms with Crippen LogP contribution in [0.5, 0.6) is 11.5 Å². The van der Waals surface area contributed by atoms with Gasteiger partial charge in [0.25, 0.3) is 5.91 Å². The summed E-state index contributed by atoms with van der Waals surface area (Å²) in [4.78, 5) is 18.4. The van der Waals surface area contributed by atoms with Crippen molar-refractivity contribution in [2.75, 3.05) is 11.1 Å². The van der Waals surface area contributed by atoms with Gasteiger partial charge in [-0.15, -0.1) is 16.4 Å². The number of nitrogens with one attached hydrogen (secondary N) is 2. The lowest BCUT2D eigenvalue weighted by atomic mass is 9.93. The number of H-pyrrole nitrogens is 1. The first-order valence-electron chi connectivity index (χ1n) is 14.4. The number of anilines is 1. The number of aryl methyl sites for hydroxylation is 1. The van der Waals surface area contributed by atoms with E-state index in [1.807, 2.05) is 11.4 Å². The van der Waals surface area contributed by atoms with Crippen LogP contribution in [0.15, 0.2) is 77.0 Å². The highest BCUT2D eigenvalue weighted by Gasteiger charge is 2.18. The molecule has 14 heteroatoms. The van der Waals surface area contributed by atoms with Crippen molar-refractivity contribution >= 4 is 55.4 Å². The van der Waals surface area contributed by atoms with Gasteiger partial charge in [-0.3, -0.25) is 4.79 Å². The van der Waals surface area contributed by atoms with E-state index >= 15 is 0 Å². The predicted molar refractivity (Wildman–Crippen MR) is 184 cm³/mol. The van der Waals surface area contributed by atoms with Gasteiger partial charge in [0.05, 0.1) is 22.0 Å². The quantitative estimate of drug-likeness (QED) is 0.130.